The molecule has 3 rings (SSSR count). The van der Waals surface area contributed by atoms with Crippen LogP contribution in [0.15, 0.2) is 0 Å². The van der Waals surface area contributed by atoms with E-state index in [2.05, 4.69) is 0 Å². The third kappa shape index (κ3) is 4.79. The number of rotatable bonds is 4. The van der Waals surface area contributed by atoms with Gasteiger partial charge < -0.3 is 19.3 Å². The molecule has 6 unspecified atom stereocenters. The number of carbonyl (C=O) groups excluding carboxylic acids is 2. The zero-order valence-corrected chi connectivity index (χ0v) is 18.6. The molecule has 6 nitrogen and oxygen atoms in total. The second-order valence-corrected chi connectivity index (χ2v) is 9.27. The lowest BCUT2D eigenvalue weighted by atomic mass is 9.83. The Balaban J connectivity index is 1.61. The summed E-state index contributed by atoms with van der Waals surface area (Å²) in [5.74, 6) is -1.64. The zero-order valence-electron chi connectivity index (χ0n) is 18.6. The minimum absolute atomic E-state index is 0.127. The average molecular weight is 431 g/mol. The second kappa shape index (κ2) is 9.90. The van der Waals surface area contributed by atoms with E-state index in [1.807, 2.05) is 13.8 Å². The fourth-order valence-electron chi connectivity index (χ4n) is 5.51. The van der Waals surface area contributed by atoms with Crippen molar-refractivity contribution in [2.45, 2.75) is 89.0 Å². The van der Waals surface area contributed by atoms with Gasteiger partial charge in [-0.05, 0) is 39.5 Å². The summed E-state index contributed by atoms with van der Waals surface area (Å²) in [6.45, 7) is 4.49. The first-order chi connectivity index (χ1) is 14.3. The monoisotopic (exact) mass is 430 g/mol. The first kappa shape index (κ1) is 23.4. The Morgan fingerprint density at radius 3 is 1.60 bits per heavy atom. The quantitative estimate of drug-likeness (QED) is 0.688. The van der Waals surface area contributed by atoms with E-state index in [4.69, 9.17) is 9.47 Å². The molecule has 0 spiro atoms. The second-order valence-electron chi connectivity index (χ2n) is 9.27. The molecule has 2 amide bonds. The molecule has 0 N–H and O–H groups in total. The molecule has 2 aliphatic carbocycles. The molecule has 3 fully saturated rings. The maximum absolute atomic E-state index is 14.7. The van der Waals surface area contributed by atoms with Crippen LogP contribution >= 0.6 is 0 Å². The van der Waals surface area contributed by atoms with Crippen LogP contribution in [-0.2, 0) is 19.1 Å². The number of nitrogens with zero attached hydrogens (tertiary/aromatic N) is 2. The summed E-state index contributed by atoms with van der Waals surface area (Å²) in [5.41, 5.74) is 0. The Morgan fingerprint density at radius 1 is 0.767 bits per heavy atom. The van der Waals surface area contributed by atoms with E-state index in [1.165, 1.54) is 0 Å². The molecule has 0 bridgehead atoms. The number of ether oxygens (including phenoxy) is 2. The van der Waals surface area contributed by atoms with Crippen LogP contribution in [0, 0.1) is 11.8 Å². The molecule has 1 saturated heterocycles. The number of piperazine rings is 1. The van der Waals surface area contributed by atoms with Crippen LogP contribution in [0.25, 0.3) is 0 Å². The Bertz CT molecular complexity index is 610. The summed E-state index contributed by atoms with van der Waals surface area (Å²) >= 11 is 0. The van der Waals surface area contributed by atoms with Crippen LogP contribution in [0.4, 0.5) is 8.78 Å². The van der Waals surface area contributed by atoms with Gasteiger partial charge in [0, 0.05) is 52.2 Å². The van der Waals surface area contributed by atoms with Crippen molar-refractivity contribution in [2.24, 2.45) is 11.8 Å². The van der Waals surface area contributed by atoms with Crippen molar-refractivity contribution in [1.29, 1.82) is 0 Å². The van der Waals surface area contributed by atoms with E-state index in [1.54, 1.807) is 24.0 Å². The number of carbonyl (C=O) groups is 2. The molecule has 172 valence electrons. The summed E-state index contributed by atoms with van der Waals surface area (Å²) < 4.78 is 39.7. The Morgan fingerprint density at radius 2 is 1.20 bits per heavy atom. The molecule has 1 heterocycles. The van der Waals surface area contributed by atoms with E-state index >= 15 is 0 Å². The van der Waals surface area contributed by atoms with E-state index in [0.29, 0.717) is 38.8 Å². The van der Waals surface area contributed by atoms with Crippen molar-refractivity contribution in [3.05, 3.63) is 0 Å². The van der Waals surface area contributed by atoms with Gasteiger partial charge >= 0.3 is 0 Å². The highest BCUT2D eigenvalue weighted by atomic mass is 19.1. The van der Waals surface area contributed by atoms with Crippen LogP contribution < -0.4 is 0 Å². The van der Waals surface area contributed by atoms with Crippen LogP contribution in [0.5, 0.6) is 0 Å². The van der Waals surface area contributed by atoms with Crippen molar-refractivity contribution in [1.82, 2.24) is 9.80 Å². The van der Waals surface area contributed by atoms with Gasteiger partial charge in [0.2, 0.25) is 11.8 Å². The summed E-state index contributed by atoms with van der Waals surface area (Å²) in [7, 11) is 3.15. The molecule has 0 aromatic heterocycles. The lowest BCUT2D eigenvalue weighted by Gasteiger charge is -2.47. The van der Waals surface area contributed by atoms with Gasteiger partial charge in [0.25, 0.3) is 0 Å². The van der Waals surface area contributed by atoms with Crippen LogP contribution in [0.2, 0.25) is 0 Å². The van der Waals surface area contributed by atoms with Gasteiger partial charge in [-0.15, -0.1) is 0 Å². The van der Waals surface area contributed by atoms with Crippen LogP contribution in [0.1, 0.15) is 52.4 Å². The first-order valence-electron chi connectivity index (χ1n) is 11.2. The summed E-state index contributed by atoms with van der Waals surface area (Å²) in [4.78, 5) is 29.6. The smallest absolute Gasteiger partial charge is 0.229 e. The maximum atomic E-state index is 14.7. The molecule has 0 aromatic rings. The third-order valence-corrected chi connectivity index (χ3v) is 7.23. The standard InChI is InChI=1S/C22H36F2N2O4/c1-13-11-25(21(27)17-7-5-15(29-3)9-19(17)23)12-14(2)26(13)22(28)18-8-6-16(30-4)10-20(18)24/h13-20H,5-12H2,1-4H3/t13-,14+,15?,16?,17?,18?,19?,20?. The fraction of sp³-hybridized carbons (Fsp3) is 0.909. The van der Waals surface area contributed by atoms with Crippen molar-refractivity contribution < 1.29 is 27.8 Å². The Labute approximate surface area is 178 Å². The van der Waals surface area contributed by atoms with Crippen molar-refractivity contribution in [3.63, 3.8) is 0 Å². The van der Waals surface area contributed by atoms with E-state index in [9.17, 15) is 18.4 Å². The zero-order chi connectivity index (χ0) is 22.0. The van der Waals surface area contributed by atoms with Crippen LogP contribution in [0.3, 0.4) is 0 Å². The maximum Gasteiger partial charge on any atom is 0.229 e. The molecule has 30 heavy (non-hydrogen) atoms. The van der Waals surface area contributed by atoms with E-state index in [0.717, 1.165) is 0 Å². The highest BCUT2D eigenvalue weighted by Crippen LogP contribution is 2.34. The lowest BCUT2D eigenvalue weighted by Crippen LogP contribution is -2.62. The molecule has 8 heteroatoms. The van der Waals surface area contributed by atoms with Gasteiger partial charge in [-0.3, -0.25) is 9.59 Å². The molecule has 0 radical (unpaired) electrons. The van der Waals surface area contributed by atoms with Gasteiger partial charge in [0.15, 0.2) is 0 Å². The Hall–Kier alpha value is -1.28. The predicted octanol–water partition coefficient (Wildman–Crippen LogP) is 2.74. The summed E-state index contributed by atoms with van der Waals surface area (Å²) in [6.07, 6.45) is 0.136. The van der Waals surface area contributed by atoms with Gasteiger partial charge in [0.05, 0.1) is 24.0 Å². The molecule has 1 aliphatic heterocycles. The molecule has 2 saturated carbocycles. The van der Waals surface area contributed by atoms with E-state index in [-0.39, 0.29) is 48.9 Å². The highest BCUT2D eigenvalue weighted by molar-refractivity contribution is 5.82. The normalized spacial score (nSPS) is 40.3. The van der Waals surface area contributed by atoms with Crippen molar-refractivity contribution >= 4 is 11.8 Å². The number of amides is 2. The molecule has 8 atom stereocenters. The van der Waals surface area contributed by atoms with E-state index < -0.39 is 24.2 Å². The molecular weight excluding hydrogens is 394 g/mol. The number of methoxy groups -OCH3 is 2. The number of hydrogen-bond donors (Lipinski definition) is 0. The Kier molecular flexibility index (Phi) is 7.71. The summed E-state index contributed by atoms with van der Waals surface area (Å²) in [6, 6.07) is -0.461. The van der Waals surface area contributed by atoms with Crippen molar-refractivity contribution in [3.8, 4) is 0 Å². The minimum atomic E-state index is -1.21. The molecular formula is C22H36F2N2O4. The van der Waals surface area contributed by atoms with Gasteiger partial charge in [0.1, 0.15) is 12.3 Å². The number of halogens is 2. The minimum Gasteiger partial charge on any atom is -0.381 e. The van der Waals surface area contributed by atoms with Crippen LogP contribution in [-0.4, -0.2) is 85.6 Å². The van der Waals surface area contributed by atoms with Crippen molar-refractivity contribution in [2.75, 3.05) is 27.3 Å². The fourth-order valence-corrected chi connectivity index (χ4v) is 5.51. The third-order valence-electron chi connectivity index (χ3n) is 7.23. The largest absolute Gasteiger partial charge is 0.381 e. The van der Waals surface area contributed by atoms with Gasteiger partial charge in [-0.25, -0.2) is 8.78 Å². The average Bonchev–Trinajstić information content (AvgIpc) is 2.72. The highest BCUT2D eigenvalue weighted by Gasteiger charge is 2.44. The predicted molar refractivity (Wildman–Crippen MR) is 108 cm³/mol. The topological polar surface area (TPSA) is 59.1 Å². The lowest BCUT2D eigenvalue weighted by molar-refractivity contribution is -0.156. The number of hydrogen-bond acceptors (Lipinski definition) is 4. The van der Waals surface area contributed by atoms with Gasteiger partial charge in [-0.1, -0.05) is 0 Å². The SMILES string of the molecule is COC1CCC(C(=O)N2C[C@@H](C)N(C(=O)C3CCC(OC)CC3F)[C@@H](C)C2)C(F)C1. The molecule has 3 aliphatic rings. The number of alkyl halides is 2. The summed E-state index contributed by atoms with van der Waals surface area (Å²) in [5, 5.41) is 0. The molecule has 0 aromatic carbocycles. The first-order valence-corrected chi connectivity index (χ1v) is 11.2. The van der Waals surface area contributed by atoms with Gasteiger partial charge in [-0.2, -0.15) is 0 Å².